The van der Waals surface area contributed by atoms with Gasteiger partial charge in [0.2, 0.25) is 0 Å². The first-order chi connectivity index (χ1) is 5.04. The zero-order valence-corrected chi connectivity index (χ0v) is 7.45. The predicted molar refractivity (Wildman–Crippen MR) is 44.7 cm³/mol. The molecule has 0 atom stereocenters. The third-order valence-corrected chi connectivity index (χ3v) is 1.44. The van der Waals surface area contributed by atoms with E-state index in [0.717, 1.165) is 0 Å². The number of nitrogens with zero attached hydrogens (tertiary/aromatic N) is 1. The summed E-state index contributed by atoms with van der Waals surface area (Å²) >= 11 is 4.90. The molecule has 0 aliphatic carbocycles. The van der Waals surface area contributed by atoms with E-state index < -0.39 is 0 Å². The Bertz CT molecular complexity index is 278. The number of rotatable bonds is 0. The van der Waals surface area contributed by atoms with Crippen LogP contribution >= 0.6 is 38.5 Å². The first-order valence-corrected chi connectivity index (χ1v) is 3.70. The molecule has 1 rings (SSSR count). The smallest absolute Gasteiger partial charge is 0.102 e. The second kappa shape index (κ2) is 2.77. The number of aromatic nitrogens is 1. The zero-order chi connectivity index (χ0) is 8.59. The molecule has 42 valence electrons. The fraction of sp³-hybridized carbons (Fsp3) is 0. The summed E-state index contributed by atoms with van der Waals surface area (Å²) in [6.45, 7) is 0. The molecule has 0 spiro atoms. The van der Waals surface area contributed by atoms with Crippen molar-refractivity contribution in [2.75, 3.05) is 0 Å². The van der Waals surface area contributed by atoms with Gasteiger partial charge >= 0.3 is 0 Å². The van der Waals surface area contributed by atoms with Crippen molar-refractivity contribution in [2.45, 2.75) is 0 Å². The maximum atomic E-state index is 7.36. The molecule has 0 unspecified atom stereocenters. The van der Waals surface area contributed by atoms with Crippen LogP contribution in [0.2, 0.25) is 0 Å². The number of pyridine rings is 1. The first kappa shape index (κ1) is 3.51. The normalized spacial score (nSPS) is 14.5. The van der Waals surface area contributed by atoms with E-state index >= 15 is 0 Å². The highest BCUT2D eigenvalue weighted by atomic mass is 127. The van der Waals surface area contributed by atoms with Gasteiger partial charge in [-0.3, -0.25) is 4.98 Å². The van der Waals surface area contributed by atoms with Crippen LogP contribution in [0.15, 0.2) is 22.7 Å². The third-order valence-electron chi connectivity index (χ3n) is 0.533. The molecule has 0 saturated carbocycles. The fourth-order valence-electron chi connectivity index (χ4n) is 0.276. The van der Waals surface area contributed by atoms with E-state index in [1.54, 1.807) is 0 Å². The summed E-state index contributed by atoms with van der Waals surface area (Å²) in [6.07, 6.45) is -0.0997. The Labute approximate surface area is 74.0 Å². The number of hydrogen-bond acceptors (Lipinski definition) is 1. The first-order valence-electron chi connectivity index (χ1n) is 3.33. The van der Waals surface area contributed by atoms with Crippen molar-refractivity contribution in [3.05, 3.63) is 26.4 Å². The van der Waals surface area contributed by atoms with E-state index in [-0.39, 0.29) is 18.3 Å². The van der Waals surface area contributed by atoms with Crippen LogP contribution in [0.4, 0.5) is 0 Å². The molecule has 0 aliphatic rings. The highest BCUT2D eigenvalue weighted by molar-refractivity contribution is 14.1. The molecular weight excluding hydrogens is 281 g/mol. The molecule has 8 heavy (non-hydrogen) atoms. The van der Waals surface area contributed by atoms with Crippen LogP contribution in [-0.2, 0) is 0 Å². The lowest BCUT2D eigenvalue weighted by Crippen LogP contribution is -1.74. The topological polar surface area (TPSA) is 12.9 Å². The maximum absolute atomic E-state index is 7.36. The van der Waals surface area contributed by atoms with Crippen molar-refractivity contribution in [3.8, 4) is 0 Å². The fourth-order valence-corrected chi connectivity index (χ4v) is 1.31. The van der Waals surface area contributed by atoms with Crippen molar-refractivity contribution >= 4 is 38.5 Å². The van der Waals surface area contributed by atoms with Crippen molar-refractivity contribution < 1.29 is 4.11 Å². The summed E-state index contributed by atoms with van der Waals surface area (Å²) in [5.74, 6) is 0. The summed E-state index contributed by atoms with van der Waals surface area (Å²) in [4.78, 5) is 3.68. The molecule has 3 heteroatoms. The molecule has 0 bridgehead atoms. The number of hydrogen-bond donors (Lipinski definition) is 0. The molecule has 0 saturated heterocycles. The van der Waals surface area contributed by atoms with Gasteiger partial charge in [0.25, 0.3) is 0 Å². The molecule has 1 aromatic heterocycles. The molecule has 0 aromatic carbocycles. The highest BCUT2D eigenvalue weighted by Crippen LogP contribution is 2.09. The van der Waals surface area contributed by atoms with E-state index in [9.17, 15) is 0 Å². The van der Waals surface area contributed by atoms with Gasteiger partial charge in [-0.25, -0.2) is 0 Å². The van der Waals surface area contributed by atoms with Crippen molar-refractivity contribution in [2.24, 2.45) is 0 Å². The van der Waals surface area contributed by atoms with Gasteiger partial charge in [0.1, 0.15) is 3.70 Å². The van der Waals surface area contributed by atoms with Crippen LogP contribution in [-0.4, -0.2) is 4.98 Å². The molecule has 1 nitrogen and oxygen atoms in total. The van der Waals surface area contributed by atoms with Gasteiger partial charge in [0, 0.05) is 10.6 Å². The summed E-state index contributed by atoms with van der Waals surface area (Å²) < 4.78 is 22.6. The quantitative estimate of drug-likeness (QED) is 0.527. The Kier molecular flexibility index (Phi) is 1.22. The second-order valence-electron chi connectivity index (χ2n) is 1.08. The van der Waals surface area contributed by atoms with E-state index in [1.165, 1.54) is 0 Å². The summed E-state index contributed by atoms with van der Waals surface area (Å²) in [5.41, 5.74) is 0. The Morgan fingerprint density at radius 2 is 2.62 bits per heavy atom. The lowest BCUT2D eigenvalue weighted by molar-refractivity contribution is 1.26. The molecular formula is C5H3BrIN. The van der Waals surface area contributed by atoms with E-state index in [0.29, 0.717) is 8.17 Å². The van der Waals surface area contributed by atoms with E-state index in [1.807, 2.05) is 22.6 Å². The Balaban J connectivity index is 3.46. The summed E-state index contributed by atoms with van der Waals surface area (Å²) in [7, 11) is 0. The van der Waals surface area contributed by atoms with Crippen LogP contribution in [0, 0.1) is 3.70 Å². The Hall–Kier alpha value is 0.360. The molecule has 0 aliphatic heterocycles. The Morgan fingerprint density at radius 3 is 3.38 bits per heavy atom. The monoisotopic (exact) mass is 286 g/mol. The summed E-state index contributed by atoms with van der Waals surface area (Å²) in [5, 5.41) is 0. The van der Waals surface area contributed by atoms with Gasteiger partial charge in [0.15, 0.2) is 0 Å². The number of halogens is 2. The van der Waals surface area contributed by atoms with Gasteiger partial charge in [-0.05, 0) is 34.7 Å². The predicted octanol–water partition coefficient (Wildman–Crippen LogP) is 2.45. The molecule has 1 aromatic rings. The third kappa shape index (κ3) is 1.70. The minimum absolute atomic E-state index is 0.0320. The minimum Gasteiger partial charge on any atom is -0.250 e. The highest BCUT2D eigenvalue weighted by Gasteiger charge is 1.85. The average molecular weight is 287 g/mol. The summed E-state index contributed by atoms with van der Waals surface area (Å²) in [6, 6.07) is 0.141. The standard InChI is InChI=1S/C5H3BrIN/c6-4-1-2-8-5(7)3-4/h1-3H/i1D,2D,3D. The zero-order valence-electron chi connectivity index (χ0n) is 6.70. The van der Waals surface area contributed by atoms with Crippen LogP contribution in [0.25, 0.3) is 0 Å². The largest absolute Gasteiger partial charge is 0.250 e. The second-order valence-corrected chi connectivity index (χ2v) is 2.89. The maximum Gasteiger partial charge on any atom is 0.102 e. The van der Waals surface area contributed by atoms with Crippen molar-refractivity contribution in [1.29, 1.82) is 0 Å². The van der Waals surface area contributed by atoms with E-state index in [4.69, 9.17) is 4.11 Å². The lowest BCUT2D eigenvalue weighted by atomic mass is 10.5. The molecule has 0 radical (unpaired) electrons. The van der Waals surface area contributed by atoms with Crippen LogP contribution in [0.5, 0.6) is 0 Å². The van der Waals surface area contributed by atoms with Crippen LogP contribution < -0.4 is 0 Å². The minimum atomic E-state index is -0.0997. The van der Waals surface area contributed by atoms with Gasteiger partial charge < -0.3 is 0 Å². The van der Waals surface area contributed by atoms with E-state index in [2.05, 4.69) is 20.9 Å². The SMILES string of the molecule is [2H]c1nc(I)c([2H])c(Br)c1[2H]. The average Bonchev–Trinajstić information content (AvgIpc) is 1.97. The van der Waals surface area contributed by atoms with Gasteiger partial charge in [-0.2, -0.15) is 0 Å². The molecule has 0 N–H and O–H groups in total. The van der Waals surface area contributed by atoms with Crippen molar-refractivity contribution in [1.82, 2.24) is 4.98 Å². The van der Waals surface area contributed by atoms with Gasteiger partial charge in [0.05, 0.1) is 4.11 Å². The molecule has 0 amide bonds. The van der Waals surface area contributed by atoms with Crippen molar-refractivity contribution in [3.63, 3.8) is 0 Å². The van der Waals surface area contributed by atoms with Crippen LogP contribution in [0.1, 0.15) is 4.11 Å². The molecule has 0 fully saturated rings. The molecule has 1 heterocycles. The lowest BCUT2D eigenvalue weighted by Gasteiger charge is -1.86. The van der Waals surface area contributed by atoms with Gasteiger partial charge in [-0.15, -0.1) is 0 Å². The van der Waals surface area contributed by atoms with Crippen LogP contribution in [0.3, 0.4) is 0 Å². The van der Waals surface area contributed by atoms with Gasteiger partial charge in [-0.1, -0.05) is 15.9 Å². The Morgan fingerprint density at radius 1 is 1.88 bits per heavy atom.